The number of phosphoric acid groups is 2. The Hall–Kier alpha value is 0.0400. The Morgan fingerprint density at radius 2 is 1.73 bits per heavy atom. The predicted molar refractivity (Wildman–Crippen MR) is 68.0 cm³/mol. The molecule has 0 aliphatic carbocycles. The van der Waals surface area contributed by atoms with Crippen LogP contribution in [0.5, 0.6) is 0 Å². The predicted octanol–water partition coefficient (Wildman–Crippen LogP) is 1.36. The molecule has 0 aromatic heterocycles. The number of halogens is 1. The van der Waals surface area contributed by atoms with Crippen LogP contribution in [0.1, 0.15) is 13.8 Å². The summed E-state index contributed by atoms with van der Waals surface area (Å²) >= 11 is 0. The van der Waals surface area contributed by atoms with Crippen molar-refractivity contribution < 1.29 is 55.8 Å². The number of hydrogen-bond donors (Lipinski definition) is 4. The second-order valence-electron chi connectivity index (χ2n) is 4.20. The summed E-state index contributed by atoms with van der Waals surface area (Å²) < 4.78 is 63.2. The summed E-state index contributed by atoms with van der Waals surface area (Å²) in [6, 6.07) is 0. The van der Waals surface area contributed by atoms with Crippen molar-refractivity contribution in [2.75, 3.05) is 6.35 Å². The fourth-order valence-corrected chi connectivity index (χ4v) is 4.71. The molecule has 130 valence electrons. The van der Waals surface area contributed by atoms with Crippen LogP contribution in [0, 0.1) is 0 Å². The summed E-state index contributed by atoms with van der Waals surface area (Å²) in [6.45, 7) is 2.67. The van der Waals surface area contributed by atoms with Gasteiger partial charge in [-0.25, -0.2) is 17.8 Å². The van der Waals surface area contributed by atoms with Crippen molar-refractivity contribution in [2.24, 2.45) is 0 Å². The molecule has 0 spiro atoms. The molecule has 0 aromatic rings. The van der Waals surface area contributed by atoms with E-state index in [2.05, 4.69) is 8.62 Å². The molecule has 1 aliphatic rings. The highest BCUT2D eigenvalue weighted by molar-refractivity contribution is 7.68. The van der Waals surface area contributed by atoms with Crippen molar-refractivity contribution in [3.63, 3.8) is 0 Å². The number of rotatable bonds is 7. The van der Waals surface area contributed by atoms with Gasteiger partial charge in [0.05, 0.1) is 0 Å². The Morgan fingerprint density at radius 3 is 2.14 bits per heavy atom. The van der Waals surface area contributed by atoms with Gasteiger partial charge in [-0.1, -0.05) is 0 Å². The average molecular weight is 386 g/mol. The summed E-state index contributed by atoms with van der Waals surface area (Å²) in [7, 11) is -15.9. The summed E-state index contributed by atoms with van der Waals surface area (Å²) in [6.07, 6.45) is -3.44. The van der Waals surface area contributed by atoms with Gasteiger partial charge in [0, 0.05) is 5.57 Å². The van der Waals surface area contributed by atoms with Gasteiger partial charge in [-0.2, -0.15) is 4.31 Å². The fourth-order valence-electron chi connectivity index (χ4n) is 1.44. The molecule has 22 heavy (non-hydrogen) atoms. The van der Waals surface area contributed by atoms with Gasteiger partial charge in [0.2, 0.25) is 0 Å². The summed E-state index contributed by atoms with van der Waals surface area (Å²) in [5, 5.41) is 0. The van der Waals surface area contributed by atoms with Gasteiger partial charge in [-0.15, -0.1) is 0 Å². The zero-order chi connectivity index (χ0) is 17.3. The maximum Gasteiger partial charge on any atom is 0.488 e. The molecule has 1 rings (SSSR count). The number of ether oxygens (including phenoxy) is 2. The monoisotopic (exact) mass is 386 g/mol. The van der Waals surface area contributed by atoms with Crippen LogP contribution >= 0.6 is 23.2 Å². The van der Waals surface area contributed by atoms with E-state index in [1.54, 1.807) is 0 Å². The standard InChI is InChI=1S/C7H14FO11P3/c1-4-6(8)5(2)17-7(4)16-3-20(9,10)18-22(14,15)19-21(11,12)13/h5,7H,3H2,1-2H3,(H,9,10)(H,14,15)(H2,11,12,13)/t5-,7-/m0/s1. The Morgan fingerprint density at radius 1 is 1.18 bits per heavy atom. The van der Waals surface area contributed by atoms with Gasteiger partial charge in [0.25, 0.3) is 0 Å². The van der Waals surface area contributed by atoms with Crippen LogP contribution in [0.4, 0.5) is 4.39 Å². The molecule has 1 heterocycles. The molecule has 4 atom stereocenters. The zero-order valence-corrected chi connectivity index (χ0v) is 13.9. The minimum atomic E-state index is -5.52. The second kappa shape index (κ2) is 6.88. The Balaban J connectivity index is 2.64. The van der Waals surface area contributed by atoms with E-state index in [0.717, 1.165) is 0 Å². The summed E-state index contributed by atoms with van der Waals surface area (Å²) in [5.74, 6) is -0.628. The van der Waals surface area contributed by atoms with E-state index < -0.39 is 47.8 Å². The van der Waals surface area contributed by atoms with E-state index in [4.69, 9.17) is 24.2 Å². The van der Waals surface area contributed by atoms with Crippen molar-refractivity contribution in [2.45, 2.75) is 26.2 Å². The van der Waals surface area contributed by atoms with Crippen LogP contribution < -0.4 is 0 Å². The molecule has 0 fully saturated rings. The molecule has 4 N–H and O–H groups in total. The molecule has 2 unspecified atom stereocenters. The first-order chi connectivity index (χ1) is 9.72. The minimum absolute atomic E-state index is 0.00569. The third kappa shape index (κ3) is 6.27. The largest absolute Gasteiger partial charge is 0.488 e. The Bertz CT molecular complexity index is 596. The molecular formula is C7H14FO11P3. The highest BCUT2D eigenvalue weighted by atomic mass is 31.3. The summed E-state index contributed by atoms with van der Waals surface area (Å²) in [5.41, 5.74) is 0.00569. The van der Waals surface area contributed by atoms with Crippen LogP contribution in [0.15, 0.2) is 11.4 Å². The molecule has 15 heteroatoms. The molecule has 0 amide bonds. The molecule has 0 saturated carbocycles. The van der Waals surface area contributed by atoms with Crippen molar-refractivity contribution in [3.8, 4) is 0 Å². The van der Waals surface area contributed by atoms with Gasteiger partial charge in [-0.3, -0.25) is 4.57 Å². The summed E-state index contributed by atoms with van der Waals surface area (Å²) in [4.78, 5) is 35.0. The van der Waals surface area contributed by atoms with Crippen LogP contribution in [0.25, 0.3) is 0 Å². The normalized spacial score (nSPS) is 28.5. The van der Waals surface area contributed by atoms with Crippen molar-refractivity contribution in [1.29, 1.82) is 0 Å². The maximum atomic E-state index is 13.4. The second-order valence-corrected chi connectivity index (χ2v) is 8.95. The molecule has 1 aliphatic heterocycles. The van der Waals surface area contributed by atoms with E-state index >= 15 is 0 Å². The first kappa shape index (κ1) is 20.1. The molecule has 0 bridgehead atoms. The lowest BCUT2D eigenvalue weighted by Crippen LogP contribution is -2.17. The van der Waals surface area contributed by atoms with Gasteiger partial charge < -0.3 is 29.0 Å². The third-order valence-electron chi connectivity index (χ3n) is 2.24. The van der Waals surface area contributed by atoms with E-state index in [0.29, 0.717) is 0 Å². The van der Waals surface area contributed by atoms with Crippen molar-refractivity contribution in [3.05, 3.63) is 11.4 Å². The van der Waals surface area contributed by atoms with Crippen LogP contribution in [-0.2, 0) is 31.8 Å². The van der Waals surface area contributed by atoms with Crippen LogP contribution in [0.3, 0.4) is 0 Å². The lowest BCUT2D eigenvalue weighted by atomic mass is 10.2. The van der Waals surface area contributed by atoms with Gasteiger partial charge in [-0.05, 0) is 13.8 Å². The molecular weight excluding hydrogens is 372 g/mol. The van der Waals surface area contributed by atoms with E-state index in [1.165, 1.54) is 13.8 Å². The Labute approximate surface area is 124 Å². The average Bonchev–Trinajstić information content (AvgIpc) is 2.49. The first-order valence-electron chi connectivity index (χ1n) is 5.48. The molecule has 0 radical (unpaired) electrons. The van der Waals surface area contributed by atoms with E-state index in [-0.39, 0.29) is 5.57 Å². The van der Waals surface area contributed by atoms with E-state index in [1.807, 2.05) is 0 Å². The maximum absolute atomic E-state index is 13.4. The SMILES string of the molecule is CC1=C(F)[C@H](C)O[C@@H]1OCP(=O)(O)OP(=O)(O)OP(=O)(O)O. The topological polar surface area (TPSA) is 169 Å². The Kier molecular flexibility index (Phi) is 6.28. The quantitative estimate of drug-likeness (QED) is 0.466. The smallest absolute Gasteiger partial charge is 0.338 e. The van der Waals surface area contributed by atoms with Gasteiger partial charge >= 0.3 is 23.2 Å². The van der Waals surface area contributed by atoms with Crippen molar-refractivity contribution >= 4 is 23.2 Å². The molecule has 0 aromatic carbocycles. The number of hydrogen-bond acceptors (Lipinski definition) is 7. The van der Waals surface area contributed by atoms with E-state index in [9.17, 15) is 23.0 Å². The highest BCUT2D eigenvalue weighted by Crippen LogP contribution is 2.66. The van der Waals surface area contributed by atoms with Crippen LogP contribution in [0.2, 0.25) is 0 Å². The zero-order valence-electron chi connectivity index (χ0n) is 11.2. The van der Waals surface area contributed by atoms with Gasteiger partial charge in [0.15, 0.2) is 12.6 Å². The van der Waals surface area contributed by atoms with Crippen LogP contribution in [-0.4, -0.2) is 38.3 Å². The van der Waals surface area contributed by atoms with Gasteiger partial charge in [0.1, 0.15) is 11.9 Å². The third-order valence-corrected chi connectivity index (χ3v) is 6.24. The molecule has 11 nitrogen and oxygen atoms in total. The molecule has 0 saturated heterocycles. The lowest BCUT2D eigenvalue weighted by molar-refractivity contribution is -0.111. The van der Waals surface area contributed by atoms with Crippen molar-refractivity contribution in [1.82, 2.24) is 0 Å². The fraction of sp³-hybridized carbons (Fsp3) is 0.714. The lowest BCUT2D eigenvalue weighted by Gasteiger charge is -2.19. The minimum Gasteiger partial charge on any atom is -0.338 e. The first-order valence-corrected chi connectivity index (χ1v) is 10.3. The highest BCUT2D eigenvalue weighted by Gasteiger charge is 2.41.